The van der Waals surface area contributed by atoms with Gasteiger partial charge < -0.3 is 9.64 Å². The molecule has 1 atom stereocenters. The van der Waals surface area contributed by atoms with Crippen molar-refractivity contribution in [3.63, 3.8) is 0 Å². The highest BCUT2D eigenvalue weighted by molar-refractivity contribution is 7.89. The van der Waals surface area contributed by atoms with Gasteiger partial charge in [0.25, 0.3) is 5.69 Å². The molecule has 35 heavy (non-hydrogen) atoms. The maximum Gasteiger partial charge on any atom is 0.296 e. The van der Waals surface area contributed by atoms with E-state index in [0.717, 1.165) is 63.2 Å². The van der Waals surface area contributed by atoms with E-state index in [0.29, 0.717) is 23.9 Å². The van der Waals surface area contributed by atoms with Crippen LogP contribution in [0.25, 0.3) is 0 Å². The summed E-state index contributed by atoms with van der Waals surface area (Å²) in [4.78, 5) is 18.1. The lowest BCUT2D eigenvalue weighted by molar-refractivity contribution is -0.384. The minimum absolute atomic E-state index is 0.0139. The highest BCUT2D eigenvalue weighted by atomic mass is 32.2. The first-order valence-electron chi connectivity index (χ1n) is 12.3. The van der Waals surface area contributed by atoms with E-state index in [4.69, 9.17) is 4.74 Å². The van der Waals surface area contributed by atoms with Crippen LogP contribution in [0.4, 0.5) is 11.4 Å². The fourth-order valence-electron chi connectivity index (χ4n) is 5.89. The number of aryl methyl sites for hydroxylation is 1. The summed E-state index contributed by atoms with van der Waals surface area (Å²) in [6.45, 7) is 4.61. The normalized spacial score (nSPS) is 21.6. The van der Waals surface area contributed by atoms with Crippen molar-refractivity contribution in [2.75, 3.05) is 38.3 Å². The van der Waals surface area contributed by atoms with Crippen LogP contribution in [0.15, 0.2) is 35.4 Å². The van der Waals surface area contributed by atoms with Crippen molar-refractivity contribution in [3.8, 4) is 0 Å². The molecular weight excluding hydrogens is 468 g/mol. The first-order valence-corrected chi connectivity index (χ1v) is 13.8. The van der Waals surface area contributed by atoms with Crippen molar-refractivity contribution in [2.45, 2.75) is 50.0 Å². The molecule has 1 aromatic heterocycles. The molecule has 0 bridgehead atoms. The van der Waals surface area contributed by atoms with Crippen LogP contribution in [-0.2, 0) is 21.2 Å². The van der Waals surface area contributed by atoms with Crippen LogP contribution in [-0.4, -0.2) is 56.0 Å². The molecule has 0 radical (unpaired) electrons. The third-order valence-corrected chi connectivity index (χ3v) is 10.00. The molecule has 1 aliphatic carbocycles. The van der Waals surface area contributed by atoms with E-state index in [1.165, 1.54) is 10.4 Å². The second-order valence-corrected chi connectivity index (χ2v) is 11.9. The SMILES string of the molecule is Cc1c(S(=O)(=O)N(C)C2CCCc3cccnc32)ccc(N2CC(C3CCOCC3)C2)c1[N+](=O)[O-]. The average Bonchev–Trinajstić information content (AvgIpc) is 2.82. The predicted octanol–water partition coefficient (Wildman–Crippen LogP) is 3.86. The van der Waals surface area contributed by atoms with Gasteiger partial charge in [0.2, 0.25) is 10.0 Å². The standard InChI is InChI=1S/C25H32N4O5S/c1-17-23(35(32,33)27(2)21-7-3-5-19-6-4-12-26-24(19)21)9-8-22(25(17)29(30)31)28-15-20(16-28)18-10-13-34-14-11-18/h4,6,8-9,12,18,20-21H,3,5,7,10-11,13-16H2,1-2H3. The largest absolute Gasteiger partial charge is 0.381 e. The molecule has 0 N–H and O–H groups in total. The summed E-state index contributed by atoms with van der Waals surface area (Å²) in [6.07, 6.45) is 6.15. The van der Waals surface area contributed by atoms with Crippen LogP contribution in [0, 0.1) is 28.9 Å². The van der Waals surface area contributed by atoms with Crippen molar-refractivity contribution in [1.82, 2.24) is 9.29 Å². The topological polar surface area (TPSA) is 106 Å². The Kier molecular flexibility index (Phi) is 6.54. The fraction of sp³-hybridized carbons (Fsp3) is 0.560. The van der Waals surface area contributed by atoms with Crippen molar-refractivity contribution in [1.29, 1.82) is 0 Å². The summed E-state index contributed by atoms with van der Waals surface area (Å²) < 4.78 is 34.2. The molecule has 3 heterocycles. The van der Waals surface area contributed by atoms with Crippen LogP contribution in [0.1, 0.15) is 48.5 Å². The molecular formula is C25H32N4O5S. The molecule has 9 nitrogen and oxygen atoms in total. The van der Waals surface area contributed by atoms with Crippen molar-refractivity contribution >= 4 is 21.4 Å². The number of hydrogen-bond acceptors (Lipinski definition) is 7. The zero-order valence-corrected chi connectivity index (χ0v) is 21.0. The van der Waals surface area contributed by atoms with Crippen LogP contribution >= 0.6 is 0 Å². The molecule has 10 heteroatoms. The fourth-order valence-corrected chi connectivity index (χ4v) is 7.46. The molecule has 1 aromatic carbocycles. The summed E-state index contributed by atoms with van der Waals surface area (Å²) in [5.41, 5.74) is 2.40. The smallest absolute Gasteiger partial charge is 0.296 e. The Bertz CT molecular complexity index is 1220. The van der Waals surface area contributed by atoms with Crippen LogP contribution in [0.3, 0.4) is 0 Å². The first-order chi connectivity index (χ1) is 16.8. The van der Waals surface area contributed by atoms with E-state index in [1.54, 1.807) is 26.2 Å². The lowest BCUT2D eigenvalue weighted by atomic mass is 9.80. The van der Waals surface area contributed by atoms with Gasteiger partial charge in [-0.1, -0.05) is 6.07 Å². The number of hydrogen-bond donors (Lipinski definition) is 0. The Morgan fingerprint density at radius 3 is 2.60 bits per heavy atom. The van der Waals surface area contributed by atoms with E-state index in [2.05, 4.69) is 4.98 Å². The quantitative estimate of drug-likeness (QED) is 0.438. The number of aromatic nitrogens is 1. The van der Waals surface area contributed by atoms with Gasteiger partial charge in [-0.05, 0) is 74.6 Å². The van der Waals surface area contributed by atoms with Crippen LogP contribution in [0.5, 0.6) is 0 Å². The number of ether oxygens (including phenoxy) is 1. The Morgan fingerprint density at radius 2 is 1.89 bits per heavy atom. The van der Waals surface area contributed by atoms with Gasteiger partial charge in [-0.15, -0.1) is 0 Å². The van der Waals surface area contributed by atoms with Gasteiger partial charge in [-0.2, -0.15) is 4.31 Å². The van der Waals surface area contributed by atoms with Gasteiger partial charge >= 0.3 is 0 Å². The summed E-state index contributed by atoms with van der Waals surface area (Å²) in [5.74, 6) is 1.08. The number of anilines is 1. The monoisotopic (exact) mass is 500 g/mol. The average molecular weight is 501 g/mol. The summed E-state index contributed by atoms with van der Waals surface area (Å²) >= 11 is 0. The van der Waals surface area contributed by atoms with Crippen molar-refractivity contribution < 1.29 is 18.1 Å². The zero-order valence-electron chi connectivity index (χ0n) is 20.2. The highest BCUT2D eigenvalue weighted by Gasteiger charge is 2.40. The lowest BCUT2D eigenvalue weighted by Gasteiger charge is -2.45. The Balaban J connectivity index is 1.43. The minimum Gasteiger partial charge on any atom is -0.381 e. The van der Waals surface area contributed by atoms with E-state index < -0.39 is 21.0 Å². The Morgan fingerprint density at radius 1 is 1.14 bits per heavy atom. The molecule has 0 amide bonds. The van der Waals surface area contributed by atoms with E-state index in [9.17, 15) is 18.5 Å². The van der Waals surface area contributed by atoms with Gasteiger partial charge in [0, 0.05) is 45.1 Å². The number of sulfonamides is 1. The van der Waals surface area contributed by atoms with Crippen molar-refractivity contribution in [2.24, 2.45) is 11.8 Å². The molecule has 1 unspecified atom stereocenters. The van der Waals surface area contributed by atoms with Gasteiger partial charge in [0.05, 0.1) is 21.6 Å². The van der Waals surface area contributed by atoms with Crippen molar-refractivity contribution in [3.05, 3.63) is 57.4 Å². The molecule has 0 saturated carbocycles. The van der Waals surface area contributed by atoms with E-state index in [-0.39, 0.29) is 16.1 Å². The second kappa shape index (κ2) is 9.48. The van der Waals surface area contributed by atoms with Gasteiger partial charge in [-0.25, -0.2) is 8.42 Å². The molecule has 2 saturated heterocycles. The van der Waals surface area contributed by atoms with E-state index in [1.807, 2.05) is 17.0 Å². The number of fused-ring (bicyclic) bond motifs is 1. The summed E-state index contributed by atoms with van der Waals surface area (Å²) in [6, 6.07) is 6.61. The van der Waals surface area contributed by atoms with E-state index >= 15 is 0 Å². The van der Waals surface area contributed by atoms with Crippen LogP contribution < -0.4 is 4.90 Å². The molecule has 188 valence electrons. The van der Waals surface area contributed by atoms with Gasteiger partial charge in [0.15, 0.2) is 0 Å². The zero-order chi connectivity index (χ0) is 24.7. The predicted molar refractivity (Wildman–Crippen MR) is 132 cm³/mol. The maximum absolute atomic E-state index is 13.7. The molecule has 5 rings (SSSR count). The Labute approximate surface area is 206 Å². The summed E-state index contributed by atoms with van der Waals surface area (Å²) in [5, 5.41) is 12.1. The molecule has 0 spiro atoms. The number of nitro benzene ring substituents is 1. The van der Waals surface area contributed by atoms with Crippen LogP contribution in [0.2, 0.25) is 0 Å². The third-order valence-electron chi connectivity index (χ3n) is 7.99. The number of pyridine rings is 1. The number of nitro groups is 1. The first kappa shape index (κ1) is 24.1. The minimum atomic E-state index is -3.97. The Hall–Kier alpha value is -2.56. The number of rotatable bonds is 6. The molecule has 2 aromatic rings. The molecule has 2 fully saturated rings. The maximum atomic E-state index is 13.7. The van der Waals surface area contributed by atoms with Gasteiger partial charge in [0.1, 0.15) is 5.69 Å². The second-order valence-electron chi connectivity index (χ2n) is 9.91. The highest BCUT2D eigenvalue weighted by Crippen LogP contribution is 2.43. The number of nitrogens with zero attached hydrogens (tertiary/aromatic N) is 4. The molecule has 3 aliphatic rings. The van der Waals surface area contributed by atoms with Gasteiger partial charge in [-0.3, -0.25) is 15.1 Å². The molecule has 2 aliphatic heterocycles. The summed E-state index contributed by atoms with van der Waals surface area (Å²) in [7, 11) is -2.42. The third kappa shape index (κ3) is 4.32. The number of benzene rings is 1. The lowest BCUT2D eigenvalue weighted by Crippen LogP contribution is -2.51.